The minimum atomic E-state index is -1.36. The van der Waals surface area contributed by atoms with Gasteiger partial charge >= 0.3 is 6.03 Å². The largest absolute Gasteiger partial charge is 0.325 e. The zero-order valence-corrected chi connectivity index (χ0v) is 16.5. The van der Waals surface area contributed by atoms with Gasteiger partial charge in [0.05, 0.1) is 15.2 Å². The summed E-state index contributed by atoms with van der Waals surface area (Å²) >= 11 is 1.51. The number of hydrogen-bond donors (Lipinski definition) is 2. The maximum atomic E-state index is 13.2. The summed E-state index contributed by atoms with van der Waals surface area (Å²) in [7, 11) is 0. The summed E-state index contributed by atoms with van der Waals surface area (Å²) in [5.41, 5.74) is 0.477. The van der Waals surface area contributed by atoms with Gasteiger partial charge in [0.2, 0.25) is 5.91 Å². The number of anilines is 1. The molecule has 2 N–H and O–H groups in total. The van der Waals surface area contributed by atoms with Gasteiger partial charge in [-0.3, -0.25) is 14.5 Å². The van der Waals surface area contributed by atoms with E-state index in [1.165, 1.54) is 42.5 Å². The van der Waals surface area contributed by atoms with Crippen molar-refractivity contribution in [3.05, 3.63) is 58.9 Å². The smallest absolute Gasteiger partial charge is 0.324 e. The standard InChI is InChI=1S/C20H17FN4O3S/c1-11-22-15-8-7-14(9-16(15)29-11)23-17(26)10-25-18(27)20(2,24-19(25)28)12-3-5-13(21)6-4-12/h3-9H,10H2,1-2H3,(H,23,26)(H,24,28). The van der Waals surface area contributed by atoms with Gasteiger partial charge in [-0.1, -0.05) is 12.1 Å². The van der Waals surface area contributed by atoms with Crippen LogP contribution in [0.25, 0.3) is 10.2 Å². The molecule has 7 nitrogen and oxygen atoms in total. The van der Waals surface area contributed by atoms with E-state index in [9.17, 15) is 18.8 Å². The number of hydrogen-bond acceptors (Lipinski definition) is 5. The number of nitrogens with zero attached hydrogens (tertiary/aromatic N) is 2. The molecule has 0 spiro atoms. The van der Waals surface area contributed by atoms with Gasteiger partial charge in [-0.2, -0.15) is 0 Å². The van der Waals surface area contributed by atoms with Gasteiger partial charge in [0.1, 0.15) is 17.9 Å². The molecule has 0 saturated carbocycles. The number of nitrogens with one attached hydrogen (secondary N) is 2. The van der Waals surface area contributed by atoms with Gasteiger partial charge in [0.15, 0.2) is 0 Å². The fourth-order valence-corrected chi connectivity index (χ4v) is 4.15. The Hall–Kier alpha value is -3.33. The normalized spacial score (nSPS) is 18.9. The molecule has 2 heterocycles. The van der Waals surface area contributed by atoms with Crippen molar-refractivity contribution in [2.24, 2.45) is 0 Å². The predicted octanol–water partition coefficient (Wildman–Crippen LogP) is 3.15. The van der Waals surface area contributed by atoms with Crippen LogP contribution in [0.15, 0.2) is 42.5 Å². The highest BCUT2D eigenvalue weighted by atomic mass is 32.1. The summed E-state index contributed by atoms with van der Waals surface area (Å²) in [5.74, 6) is -1.52. The highest BCUT2D eigenvalue weighted by Crippen LogP contribution is 2.29. The summed E-state index contributed by atoms with van der Waals surface area (Å²) in [5, 5.41) is 6.21. The molecule has 0 aliphatic carbocycles. The Morgan fingerprint density at radius 3 is 2.69 bits per heavy atom. The molecule has 0 radical (unpaired) electrons. The molecular formula is C20H17FN4O3S. The summed E-state index contributed by atoms with van der Waals surface area (Å²) in [6.45, 7) is 3.00. The fourth-order valence-electron chi connectivity index (χ4n) is 3.28. The average molecular weight is 412 g/mol. The lowest BCUT2D eigenvalue weighted by atomic mass is 9.92. The van der Waals surface area contributed by atoms with Gasteiger partial charge in [-0.25, -0.2) is 14.2 Å². The van der Waals surface area contributed by atoms with Gasteiger partial charge < -0.3 is 10.6 Å². The van der Waals surface area contributed by atoms with Crippen LogP contribution in [0, 0.1) is 12.7 Å². The minimum Gasteiger partial charge on any atom is -0.324 e. The number of benzene rings is 2. The molecule has 1 aliphatic rings. The van der Waals surface area contributed by atoms with E-state index < -0.39 is 35.7 Å². The van der Waals surface area contributed by atoms with E-state index in [-0.39, 0.29) is 0 Å². The number of amides is 4. The lowest BCUT2D eigenvalue weighted by Gasteiger charge is -2.22. The molecule has 4 rings (SSSR count). The molecule has 4 amide bonds. The van der Waals surface area contributed by atoms with Gasteiger partial charge in [-0.05, 0) is 49.7 Å². The van der Waals surface area contributed by atoms with Crippen LogP contribution in [0.5, 0.6) is 0 Å². The van der Waals surface area contributed by atoms with Crippen molar-refractivity contribution >= 4 is 45.1 Å². The summed E-state index contributed by atoms with van der Waals surface area (Å²) < 4.78 is 14.1. The lowest BCUT2D eigenvalue weighted by Crippen LogP contribution is -2.42. The highest BCUT2D eigenvalue weighted by Gasteiger charge is 2.49. The van der Waals surface area contributed by atoms with Crippen LogP contribution in [-0.2, 0) is 15.1 Å². The third-order valence-corrected chi connectivity index (χ3v) is 5.71. The van der Waals surface area contributed by atoms with E-state index in [0.717, 1.165) is 20.1 Å². The van der Waals surface area contributed by atoms with E-state index >= 15 is 0 Å². The predicted molar refractivity (Wildman–Crippen MR) is 107 cm³/mol. The fraction of sp³-hybridized carbons (Fsp3) is 0.200. The van der Waals surface area contributed by atoms with Crippen molar-refractivity contribution in [3.8, 4) is 0 Å². The molecule has 148 valence electrons. The van der Waals surface area contributed by atoms with E-state index in [0.29, 0.717) is 11.3 Å². The van der Waals surface area contributed by atoms with Crippen LogP contribution in [0.4, 0.5) is 14.9 Å². The monoisotopic (exact) mass is 412 g/mol. The maximum absolute atomic E-state index is 13.2. The highest BCUT2D eigenvalue weighted by molar-refractivity contribution is 7.18. The third kappa shape index (κ3) is 3.44. The van der Waals surface area contributed by atoms with Crippen LogP contribution in [-0.4, -0.2) is 34.3 Å². The Morgan fingerprint density at radius 2 is 1.97 bits per heavy atom. The van der Waals surface area contributed by atoms with Crippen LogP contribution >= 0.6 is 11.3 Å². The maximum Gasteiger partial charge on any atom is 0.325 e. The summed E-state index contributed by atoms with van der Waals surface area (Å²) in [4.78, 5) is 42.9. The van der Waals surface area contributed by atoms with Gasteiger partial charge in [0.25, 0.3) is 5.91 Å². The molecule has 3 aromatic rings. The zero-order chi connectivity index (χ0) is 20.8. The summed E-state index contributed by atoms with van der Waals surface area (Å²) in [6, 6.07) is 9.94. The second kappa shape index (κ2) is 6.93. The number of rotatable bonds is 4. The van der Waals surface area contributed by atoms with Crippen LogP contribution < -0.4 is 10.6 Å². The molecular weight excluding hydrogens is 395 g/mol. The van der Waals surface area contributed by atoms with E-state index in [2.05, 4.69) is 15.6 Å². The van der Waals surface area contributed by atoms with Crippen molar-refractivity contribution < 1.29 is 18.8 Å². The van der Waals surface area contributed by atoms with Crippen molar-refractivity contribution in [3.63, 3.8) is 0 Å². The molecule has 1 fully saturated rings. The minimum absolute atomic E-state index is 0.429. The van der Waals surface area contributed by atoms with Crippen molar-refractivity contribution in [1.82, 2.24) is 15.2 Å². The van der Waals surface area contributed by atoms with Crippen molar-refractivity contribution in [1.29, 1.82) is 0 Å². The first kappa shape index (κ1) is 19.0. The van der Waals surface area contributed by atoms with Gasteiger partial charge in [-0.15, -0.1) is 11.3 Å². The number of imide groups is 1. The molecule has 1 aromatic heterocycles. The zero-order valence-electron chi connectivity index (χ0n) is 15.7. The second-order valence-electron chi connectivity index (χ2n) is 6.92. The van der Waals surface area contributed by atoms with Crippen LogP contribution in [0.3, 0.4) is 0 Å². The lowest BCUT2D eigenvalue weighted by molar-refractivity contribution is -0.133. The molecule has 29 heavy (non-hydrogen) atoms. The van der Waals surface area contributed by atoms with E-state index in [1.807, 2.05) is 6.92 Å². The SMILES string of the molecule is Cc1nc2ccc(NC(=O)CN3C(=O)NC(C)(c4ccc(F)cc4)C3=O)cc2s1. The number of aryl methyl sites for hydroxylation is 1. The molecule has 1 aliphatic heterocycles. The van der Waals surface area contributed by atoms with E-state index in [1.54, 1.807) is 18.2 Å². The van der Waals surface area contributed by atoms with E-state index in [4.69, 9.17) is 0 Å². The number of carbonyl (C=O) groups excluding carboxylic acids is 3. The number of urea groups is 1. The Morgan fingerprint density at radius 1 is 1.24 bits per heavy atom. The number of carbonyl (C=O) groups is 3. The quantitative estimate of drug-likeness (QED) is 0.644. The Kier molecular flexibility index (Phi) is 4.54. The molecule has 9 heteroatoms. The molecule has 1 atom stereocenters. The second-order valence-corrected chi connectivity index (χ2v) is 8.15. The molecule has 1 unspecified atom stereocenters. The Labute approximate surface area is 169 Å². The molecule has 2 aromatic carbocycles. The number of halogens is 1. The molecule has 1 saturated heterocycles. The van der Waals surface area contributed by atoms with Crippen LogP contribution in [0.2, 0.25) is 0 Å². The topological polar surface area (TPSA) is 91.4 Å². The average Bonchev–Trinajstić information content (AvgIpc) is 3.14. The first-order valence-corrected chi connectivity index (χ1v) is 9.65. The first-order chi connectivity index (χ1) is 13.8. The van der Waals surface area contributed by atoms with Gasteiger partial charge in [0, 0.05) is 5.69 Å². The van der Waals surface area contributed by atoms with Crippen molar-refractivity contribution in [2.75, 3.05) is 11.9 Å². The number of thiazole rings is 1. The number of fused-ring (bicyclic) bond motifs is 1. The first-order valence-electron chi connectivity index (χ1n) is 8.83. The van der Waals surface area contributed by atoms with Crippen LogP contribution in [0.1, 0.15) is 17.5 Å². The number of aromatic nitrogens is 1. The van der Waals surface area contributed by atoms with Crippen molar-refractivity contribution in [2.45, 2.75) is 19.4 Å². The summed E-state index contributed by atoms with van der Waals surface area (Å²) in [6.07, 6.45) is 0. The molecule has 0 bridgehead atoms. The Bertz CT molecular complexity index is 1140. The Balaban J connectivity index is 1.49. The third-order valence-electron chi connectivity index (χ3n) is 4.78.